The van der Waals surface area contributed by atoms with Crippen molar-refractivity contribution < 1.29 is 18.7 Å². The normalized spacial score (nSPS) is 20.5. The Morgan fingerprint density at radius 1 is 1.00 bits per heavy atom. The predicted molar refractivity (Wildman–Crippen MR) is 110 cm³/mol. The molecular weight excluding hydrogens is 401 g/mol. The second kappa shape index (κ2) is 7.50. The molecule has 1 saturated heterocycles. The minimum atomic E-state index is -0.322. The number of benzene rings is 2. The molecule has 8 nitrogen and oxygen atoms in total. The lowest BCUT2D eigenvalue weighted by molar-refractivity contribution is -0.121. The Hall–Kier alpha value is -3.75. The van der Waals surface area contributed by atoms with Gasteiger partial charge in [-0.2, -0.15) is 4.98 Å². The Bertz CT molecular complexity index is 1130. The van der Waals surface area contributed by atoms with Crippen LogP contribution in [0.4, 0.5) is 16.3 Å². The van der Waals surface area contributed by atoms with Crippen molar-refractivity contribution >= 4 is 23.7 Å². The second-order valence-electron chi connectivity index (χ2n) is 7.58. The van der Waals surface area contributed by atoms with Gasteiger partial charge in [0.05, 0.1) is 19.2 Å². The van der Waals surface area contributed by atoms with Crippen molar-refractivity contribution in [1.29, 1.82) is 0 Å². The van der Waals surface area contributed by atoms with Gasteiger partial charge in [-0.1, -0.05) is 24.3 Å². The van der Waals surface area contributed by atoms with E-state index in [1.165, 1.54) is 12.1 Å². The maximum atomic E-state index is 13.5. The summed E-state index contributed by atoms with van der Waals surface area (Å²) in [6.45, 7) is 0. The van der Waals surface area contributed by atoms with Crippen LogP contribution in [0.3, 0.4) is 0 Å². The van der Waals surface area contributed by atoms with Gasteiger partial charge in [-0.25, -0.2) is 14.0 Å². The van der Waals surface area contributed by atoms with Gasteiger partial charge in [0.1, 0.15) is 11.6 Å². The monoisotopic (exact) mass is 421 g/mol. The number of rotatable bonds is 4. The third-order valence-corrected chi connectivity index (χ3v) is 5.70. The molecule has 158 valence electrons. The van der Waals surface area contributed by atoms with Crippen LogP contribution in [0, 0.1) is 5.82 Å². The van der Waals surface area contributed by atoms with Crippen LogP contribution in [0.5, 0.6) is 5.75 Å². The first-order valence-electron chi connectivity index (χ1n) is 10.0. The topological polar surface area (TPSA) is 89.4 Å². The number of aromatic nitrogens is 3. The molecule has 2 aliphatic heterocycles. The van der Waals surface area contributed by atoms with E-state index in [1.807, 2.05) is 24.3 Å². The van der Waals surface area contributed by atoms with Gasteiger partial charge in [-0.05, 0) is 41.8 Å². The van der Waals surface area contributed by atoms with Crippen molar-refractivity contribution in [1.82, 2.24) is 14.8 Å². The number of carbonyl (C=O) groups excluding carboxylic acids is 2. The number of halogens is 1. The Morgan fingerprint density at radius 3 is 2.29 bits per heavy atom. The number of nitrogens with one attached hydrogen (secondary N) is 1. The van der Waals surface area contributed by atoms with E-state index in [0.717, 1.165) is 21.8 Å². The molecule has 5 rings (SSSR count). The van der Waals surface area contributed by atoms with Gasteiger partial charge < -0.3 is 10.1 Å². The summed E-state index contributed by atoms with van der Waals surface area (Å²) >= 11 is 0. The Labute approximate surface area is 177 Å². The second-order valence-corrected chi connectivity index (χ2v) is 7.58. The van der Waals surface area contributed by atoms with Gasteiger partial charge in [0, 0.05) is 12.8 Å². The van der Waals surface area contributed by atoms with E-state index in [9.17, 15) is 14.0 Å². The summed E-state index contributed by atoms with van der Waals surface area (Å²) in [6, 6.07) is 13.6. The molecule has 3 heterocycles. The van der Waals surface area contributed by atoms with Crippen LogP contribution in [0.15, 0.2) is 48.5 Å². The van der Waals surface area contributed by atoms with Gasteiger partial charge in [0.2, 0.25) is 17.8 Å². The van der Waals surface area contributed by atoms with E-state index in [1.54, 1.807) is 23.9 Å². The highest BCUT2D eigenvalue weighted by atomic mass is 19.1. The van der Waals surface area contributed by atoms with Crippen molar-refractivity contribution in [2.24, 2.45) is 0 Å². The number of fused-ring (bicyclic) bond motifs is 1. The highest BCUT2D eigenvalue weighted by Gasteiger charge is 2.37. The predicted octanol–water partition coefficient (Wildman–Crippen LogP) is 3.23. The molecule has 31 heavy (non-hydrogen) atoms. The Morgan fingerprint density at radius 2 is 1.65 bits per heavy atom. The molecule has 1 N–H and O–H groups in total. The van der Waals surface area contributed by atoms with E-state index < -0.39 is 0 Å². The molecule has 2 atom stereocenters. The van der Waals surface area contributed by atoms with Crippen molar-refractivity contribution in [3.8, 4) is 5.75 Å². The summed E-state index contributed by atoms with van der Waals surface area (Å²) in [7, 11) is 1.61. The van der Waals surface area contributed by atoms with Crippen molar-refractivity contribution in [2.75, 3.05) is 17.3 Å². The van der Waals surface area contributed by atoms with Crippen LogP contribution in [-0.2, 0) is 9.59 Å². The van der Waals surface area contributed by atoms with Crippen LogP contribution < -0.4 is 15.0 Å². The van der Waals surface area contributed by atoms with E-state index in [4.69, 9.17) is 4.74 Å². The summed E-state index contributed by atoms with van der Waals surface area (Å²) in [6.07, 6.45) is 0.938. The minimum absolute atomic E-state index is 0.0671. The largest absolute Gasteiger partial charge is 0.497 e. The summed E-state index contributed by atoms with van der Waals surface area (Å²) < 4.78 is 20.4. The fourth-order valence-electron chi connectivity index (χ4n) is 4.08. The lowest BCUT2D eigenvalue weighted by Crippen LogP contribution is -2.30. The maximum absolute atomic E-state index is 13.5. The number of imide groups is 1. The highest BCUT2D eigenvalue weighted by Crippen LogP contribution is 2.39. The summed E-state index contributed by atoms with van der Waals surface area (Å²) in [5.74, 6) is 0.334. The summed E-state index contributed by atoms with van der Waals surface area (Å²) in [5, 5.41) is 7.84. The number of nitrogens with zero attached hydrogens (tertiary/aromatic N) is 4. The molecule has 0 aliphatic carbocycles. The molecular formula is C22H20FN5O3. The maximum Gasteiger partial charge on any atom is 0.260 e. The zero-order valence-corrected chi connectivity index (χ0v) is 16.8. The third-order valence-electron chi connectivity index (χ3n) is 5.70. The summed E-state index contributed by atoms with van der Waals surface area (Å²) in [5.41, 5.74) is 1.88. The average molecular weight is 421 g/mol. The van der Waals surface area contributed by atoms with E-state index >= 15 is 0 Å². The first-order valence-corrected chi connectivity index (χ1v) is 10.0. The molecule has 0 saturated carbocycles. The van der Waals surface area contributed by atoms with Gasteiger partial charge in [-0.3, -0.25) is 9.59 Å². The van der Waals surface area contributed by atoms with Crippen LogP contribution in [0.2, 0.25) is 0 Å². The van der Waals surface area contributed by atoms with Gasteiger partial charge in [0.15, 0.2) is 0 Å². The van der Waals surface area contributed by atoms with Crippen molar-refractivity contribution in [3.63, 3.8) is 0 Å². The third kappa shape index (κ3) is 3.41. The smallest absolute Gasteiger partial charge is 0.260 e. The molecule has 1 fully saturated rings. The quantitative estimate of drug-likeness (QED) is 0.651. The van der Waals surface area contributed by atoms with Crippen LogP contribution in [0.25, 0.3) is 0 Å². The standard InChI is InChI=1S/C22H20FN5O3/c1-31-16-8-4-13(5-9-16)17-12-18(14-2-6-15(23)7-3-14)28-21(24-17)25-22(26-28)27-19(29)10-11-20(27)30/h2-9,17-18H,10-12H2,1H3,(H,24,25,26)/t17-,18-/m1/s1. The van der Waals surface area contributed by atoms with Crippen molar-refractivity contribution in [3.05, 3.63) is 65.5 Å². The zero-order valence-electron chi connectivity index (χ0n) is 16.8. The van der Waals surface area contributed by atoms with Crippen molar-refractivity contribution in [2.45, 2.75) is 31.3 Å². The minimum Gasteiger partial charge on any atom is -0.497 e. The van der Waals surface area contributed by atoms with E-state index in [0.29, 0.717) is 12.4 Å². The molecule has 1 aromatic heterocycles. The molecule has 2 aromatic carbocycles. The fourth-order valence-corrected chi connectivity index (χ4v) is 4.08. The molecule has 9 heteroatoms. The van der Waals surface area contributed by atoms with Gasteiger partial charge in [-0.15, -0.1) is 5.10 Å². The summed E-state index contributed by atoms with van der Waals surface area (Å²) in [4.78, 5) is 29.9. The molecule has 3 aromatic rings. The molecule has 2 amide bonds. The first-order chi connectivity index (χ1) is 15.0. The number of carbonyl (C=O) groups is 2. The number of methoxy groups -OCH3 is 1. The number of hydrogen-bond donors (Lipinski definition) is 1. The number of anilines is 2. The number of hydrogen-bond acceptors (Lipinski definition) is 6. The van der Waals surface area contributed by atoms with Crippen LogP contribution >= 0.6 is 0 Å². The van der Waals surface area contributed by atoms with Gasteiger partial charge >= 0.3 is 0 Å². The molecule has 0 unspecified atom stereocenters. The molecule has 0 radical (unpaired) electrons. The van der Waals surface area contributed by atoms with Crippen LogP contribution in [-0.4, -0.2) is 33.7 Å². The van der Waals surface area contributed by atoms with Gasteiger partial charge in [0.25, 0.3) is 5.95 Å². The first kappa shape index (κ1) is 19.2. The number of ether oxygens (including phenoxy) is 1. The Kier molecular flexibility index (Phi) is 4.65. The lowest BCUT2D eigenvalue weighted by Gasteiger charge is -2.31. The van der Waals surface area contributed by atoms with Crippen LogP contribution in [0.1, 0.15) is 42.5 Å². The lowest BCUT2D eigenvalue weighted by atomic mass is 9.93. The Balaban J connectivity index is 1.55. The molecule has 2 aliphatic rings. The van der Waals surface area contributed by atoms with E-state index in [-0.39, 0.29) is 48.5 Å². The van der Waals surface area contributed by atoms with E-state index in [2.05, 4.69) is 15.4 Å². The zero-order chi connectivity index (χ0) is 21.5. The molecule has 0 spiro atoms. The fraction of sp³-hybridized carbons (Fsp3) is 0.273. The highest BCUT2D eigenvalue weighted by molar-refractivity contribution is 6.18. The average Bonchev–Trinajstić information content (AvgIpc) is 3.35. The molecule has 0 bridgehead atoms. The SMILES string of the molecule is COc1ccc([C@H]2C[C@H](c3ccc(F)cc3)n3nc(N4C(=O)CCC4=O)nc3N2)cc1. The number of amides is 2.